The van der Waals surface area contributed by atoms with Crippen LogP contribution in [0.1, 0.15) is 50.2 Å². The van der Waals surface area contributed by atoms with Crippen LogP contribution in [-0.4, -0.2) is 11.1 Å². The van der Waals surface area contributed by atoms with Gasteiger partial charge in [0.1, 0.15) is 5.75 Å². The summed E-state index contributed by atoms with van der Waals surface area (Å²) in [6.07, 6.45) is -1.70. The predicted molar refractivity (Wildman–Crippen MR) is 69.7 cm³/mol. The first-order valence-corrected chi connectivity index (χ1v) is 6.85. The lowest BCUT2D eigenvalue weighted by Crippen LogP contribution is -2.31. The maximum absolute atomic E-state index is 13.2. The quantitative estimate of drug-likeness (QED) is 0.668. The summed E-state index contributed by atoms with van der Waals surface area (Å²) in [4.78, 5) is 10.9. The van der Waals surface area contributed by atoms with Gasteiger partial charge in [-0.1, -0.05) is 25.3 Å². The molecule has 1 saturated carbocycles. The van der Waals surface area contributed by atoms with Gasteiger partial charge in [0, 0.05) is 6.92 Å². The van der Waals surface area contributed by atoms with E-state index in [1.165, 1.54) is 12.1 Å². The van der Waals surface area contributed by atoms with Gasteiger partial charge in [0.2, 0.25) is 0 Å². The summed E-state index contributed by atoms with van der Waals surface area (Å²) in [6, 6.07) is 3.29. The number of rotatable bonds is 2. The minimum absolute atomic E-state index is 0.134. The van der Waals surface area contributed by atoms with Gasteiger partial charge in [0.15, 0.2) is 0 Å². The highest BCUT2D eigenvalue weighted by molar-refractivity contribution is 5.69. The van der Waals surface area contributed by atoms with Crippen LogP contribution in [0, 0.1) is 0 Å². The average Bonchev–Trinajstić information content (AvgIpc) is 2.37. The Morgan fingerprint density at radius 1 is 1.24 bits per heavy atom. The van der Waals surface area contributed by atoms with Crippen LogP contribution in [-0.2, 0) is 16.6 Å². The molecule has 0 radical (unpaired) electrons. The molecule has 1 aromatic carbocycles. The normalized spacial score (nSPS) is 18.3. The van der Waals surface area contributed by atoms with Crippen molar-refractivity contribution in [1.29, 1.82) is 0 Å². The second kappa shape index (κ2) is 5.67. The third kappa shape index (κ3) is 3.56. The number of alkyl halides is 3. The Balaban J connectivity index is 2.47. The summed E-state index contributed by atoms with van der Waals surface area (Å²) in [5.74, 6) is -0.856. The van der Waals surface area contributed by atoms with Crippen molar-refractivity contribution in [3.05, 3.63) is 29.3 Å². The summed E-state index contributed by atoms with van der Waals surface area (Å²) >= 11 is 0. The second-order valence-corrected chi connectivity index (χ2v) is 5.39. The number of halogens is 3. The Labute approximate surface area is 120 Å². The third-order valence-corrected chi connectivity index (χ3v) is 3.74. The number of aliphatic hydroxyl groups is 1. The molecule has 1 fully saturated rings. The summed E-state index contributed by atoms with van der Waals surface area (Å²) in [5, 5.41) is 10.6. The molecule has 1 aliphatic rings. The van der Waals surface area contributed by atoms with E-state index in [2.05, 4.69) is 0 Å². The fourth-order valence-corrected chi connectivity index (χ4v) is 2.80. The van der Waals surface area contributed by atoms with E-state index in [9.17, 15) is 23.1 Å². The minimum Gasteiger partial charge on any atom is -0.427 e. The molecular weight excluding hydrogens is 285 g/mol. The highest BCUT2D eigenvalue weighted by Crippen LogP contribution is 2.44. The average molecular weight is 302 g/mol. The monoisotopic (exact) mass is 302 g/mol. The van der Waals surface area contributed by atoms with Crippen LogP contribution in [0.5, 0.6) is 5.75 Å². The van der Waals surface area contributed by atoms with Gasteiger partial charge in [0.05, 0.1) is 11.2 Å². The number of hydrogen-bond donors (Lipinski definition) is 1. The van der Waals surface area contributed by atoms with Crippen LogP contribution >= 0.6 is 0 Å². The Morgan fingerprint density at radius 3 is 2.38 bits per heavy atom. The maximum atomic E-state index is 13.2. The van der Waals surface area contributed by atoms with Crippen LogP contribution in [0.2, 0.25) is 0 Å². The topological polar surface area (TPSA) is 46.5 Å². The van der Waals surface area contributed by atoms with Crippen molar-refractivity contribution in [3.8, 4) is 5.75 Å². The SMILES string of the molecule is CC(=O)Oc1ccc(C2(O)CCCCC2)c(C(F)(F)F)c1. The smallest absolute Gasteiger partial charge is 0.416 e. The molecule has 0 bridgehead atoms. The van der Waals surface area contributed by atoms with Crippen LogP contribution in [0.25, 0.3) is 0 Å². The molecule has 0 atom stereocenters. The highest BCUT2D eigenvalue weighted by Gasteiger charge is 2.41. The number of ether oxygens (including phenoxy) is 1. The first-order valence-electron chi connectivity index (χ1n) is 6.85. The molecule has 0 spiro atoms. The molecule has 3 nitrogen and oxygen atoms in total. The van der Waals surface area contributed by atoms with Gasteiger partial charge < -0.3 is 9.84 Å². The molecule has 0 saturated heterocycles. The summed E-state index contributed by atoms with van der Waals surface area (Å²) in [5.41, 5.74) is -2.53. The lowest BCUT2D eigenvalue weighted by Gasteiger charge is -2.34. The lowest BCUT2D eigenvalue weighted by atomic mass is 9.78. The van der Waals surface area contributed by atoms with Gasteiger partial charge in [-0.25, -0.2) is 0 Å². The molecule has 0 amide bonds. The zero-order valence-electron chi connectivity index (χ0n) is 11.7. The fourth-order valence-electron chi connectivity index (χ4n) is 2.80. The van der Waals surface area contributed by atoms with Crippen molar-refractivity contribution in [1.82, 2.24) is 0 Å². The molecule has 21 heavy (non-hydrogen) atoms. The number of benzene rings is 1. The Bertz CT molecular complexity index is 531. The number of esters is 1. The maximum Gasteiger partial charge on any atom is 0.416 e. The van der Waals surface area contributed by atoms with E-state index in [-0.39, 0.29) is 11.3 Å². The molecule has 0 unspecified atom stereocenters. The molecule has 1 N–H and O–H groups in total. The number of carbonyl (C=O) groups excluding carboxylic acids is 1. The molecule has 1 aliphatic carbocycles. The number of hydrogen-bond acceptors (Lipinski definition) is 3. The van der Waals surface area contributed by atoms with Crippen LogP contribution in [0.4, 0.5) is 13.2 Å². The number of carbonyl (C=O) groups is 1. The van der Waals surface area contributed by atoms with Crippen LogP contribution in [0.3, 0.4) is 0 Å². The van der Waals surface area contributed by atoms with Crippen LogP contribution in [0.15, 0.2) is 18.2 Å². The standard InChI is InChI=1S/C15H17F3O3/c1-10(19)21-11-5-6-12(13(9-11)15(16,17)18)14(20)7-3-2-4-8-14/h5-6,9,20H,2-4,7-8H2,1H3. The first kappa shape index (κ1) is 15.8. The molecular formula is C15H17F3O3. The fraction of sp³-hybridized carbons (Fsp3) is 0.533. The Morgan fingerprint density at radius 2 is 1.86 bits per heavy atom. The van der Waals surface area contributed by atoms with E-state index >= 15 is 0 Å². The van der Waals surface area contributed by atoms with Gasteiger partial charge in [-0.3, -0.25) is 4.79 Å². The Hall–Kier alpha value is -1.56. The van der Waals surface area contributed by atoms with Crippen molar-refractivity contribution in [2.24, 2.45) is 0 Å². The highest BCUT2D eigenvalue weighted by atomic mass is 19.4. The van der Waals surface area contributed by atoms with E-state index in [0.29, 0.717) is 25.7 Å². The van der Waals surface area contributed by atoms with Crippen molar-refractivity contribution in [2.45, 2.75) is 50.8 Å². The first-order chi connectivity index (χ1) is 9.72. The van der Waals surface area contributed by atoms with Gasteiger partial charge in [-0.2, -0.15) is 13.2 Å². The van der Waals surface area contributed by atoms with Gasteiger partial charge in [-0.15, -0.1) is 0 Å². The lowest BCUT2D eigenvalue weighted by molar-refractivity contribution is -0.142. The molecule has 0 aromatic heterocycles. The second-order valence-electron chi connectivity index (χ2n) is 5.39. The molecule has 6 heteroatoms. The predicted octanol–water partition coefficient (Wildman–Crippen LogP) is 3.78. The zero-order valence-corrected chi connectivity index (χ0v) is 11.7. The van der Waals surface area contributed by atoms with E-state index in [1.54, 1.807) is 0 Å². The zero-order chi connectivity index (χ0) is 15.7. The summed E-state index contributed by atoms with van der Waals surface area (Å²) in [6.45, 7) is 1.12. The molecule has 1 aromatic rings. The van der Waals surface area contributed by atoms with E-state index in [1.807, 2.05) is 0 Å². The van der Waals surface area contributed by atoms with Gasteiger partial charge in [-0.05, 0) is 30.5 Å². The van der Waals surface area contributed by atoms with Crippen molar-refractivity contribution >= 4 is 5.97 Å². The van der Waals surface area contributed by atoms with E-state index < -0.39 is 23.3 Å². The third-order valence-electron chi connectivity index (χ3n) is 3.74. The summed E-state index contributed by atoms with van der Waals surface area (Å²) < 4.78 is 44.4. The molecule has 2 rings (SSSR count). The van der Waals surface area contributed by atoms with Gasteiger partial charge >= 0.3 is 12.1 Å². The van der Waals surface area contributed by atoms with Crippen molar-refractivity contribution in [3.63, 3.8) is 0 Å². The van der Waals surface area contributed by atoms with Crippen LogP contribution < -0.4 is 4.74 Å². The van der Waals surface area contributed by atoms with Gasteiger partial charge in [0.25, 0.3) is 0 Å². The van der Waals surface area contributed by atoms with Crippen molar-refractivity contribution < 1.29 is 27.8 Å². The molecule has 116 valence electrons. The van der Waals surface area contributed by atoms with Crippen molar-refractivity contribution in [2.75, 3.05) is 0 Å². The Kier molecular flexibility index (Phi) is 4.27. The van der Waals surface area contributed by atoms with E-state index in [4.69, 9.17) is 4.74 Å². The minimum atomic E-state index is -4.61. The largest absolute Gasteiger partial charge is 0.427 e. The molecule has 0 aliphatic heterocycles. The molecule has 0 heterocycles. The summed E-state index contributed by atoms with van der Waals surface area (Å²) in [7, 11) is 0. The van der Waals surface area contributed by atoms with E-state index in [0.717, 1.165) is 19.4 Å².